The number of benzene rings is 1. The minimum absolute atomic E-state index is 0.410. The second-order valence-corrected chi connectivity index (χ2v) is 11.0. The summed E-state index contributed by atoms with van der Waals surface area (Å²) in [6.45, 7) is 16.2. The fourth-order valence-corrected chi connectivity index (χ4v) is 5.55. The maximum atomic E-state index is 5.96. The lowest BCUT2D eigenvalue weighted by Crippen LogP contribution is -2.31. The van der Waals surface area contributed by atoms with Gasteiger partial charge < -0.3 is 15.0 Å². The number of hydrogen-bond acceptors (Lipinski definition) is 3. The minimum Gasteiger partial charge on any atom is -0.494 e. The van der Waals surface area contributed by atoms with Crippen LogP contribution in [0.3, 0.4) is 0 Å². The van der Waals surface area contributed by atoms with Gasteiger partial charge in [0.2, 0.25) is 0 Å². The maximum Gasteiger partial charge on any atom is 0.119 e. The molecule has 180 valence electrons. The summed E-state index contributed by atoms with van der Waals surface area (Å²) in [7, 11) is 0. The number of piperidine rings is 1. The zero-order valence-corrected chi connectivity index (χ0v) is 21.3. The van der Waals surface area contributed by atoms with Crippen molar-refractivity contribution in [3.63, 3.8) is 0 Å². The standard InChI is InChI=1S/C29H48N2O/c1-24(11-16-28-25(2)10-8-17-29(28,3)4)22-30-23-26-12-14-27(15-13-26)32-21-9-20-31-18-6-5-7-19-31/h12-15,24,30H,5-11,16-23H2,1-4H3/t24-/m1/s1. The van der Waals surface area contributed by atoms with Crippen LogP contribution >= 0.6 is 0 Å². The molecule has 0 saturated carbocycles. The van der Waals surface area contributed by atoms with Crippen molar-refractivity contribution in [2.45, 2.75) is 92.0 Å². The van der Waals surface area contributed by atoms with Gasteiger partial charge in [0, 0.05) is 13.1 Å². The van der Waals surface area contributed by atoms with Crippen LogP contribution in [0, 0.1) is 11.3 Å². The summed E-state index contributed by atoms with van der Waals surface area (Å²) < 4.78 is 5.96. The number of allylic oxidation sites excluding steroid dienone is 2. The van der Waals surface area contributed by atoms with Gasteiger partial charge in [-0.3, -0.25) is 0 Å². The fourth-order valence-electron chi connectivity index (χ4n) is 5.55. The van der Waals surface area contributed by atoms with Gasteiger partial charge in [0.1, 0.15) is 5.75 Å². The molecule has 3 nitrogen and oxygen atoms in total. The Morgan fingerprint density at radius 3 is 2.53 bits per heavy atom. The van der Waals surface area contributed by atoms with E-state index in [0.717, 1.165) is 31.9 Å². The van der Waals surface area contributed by atoms with Crippen molar-refractivity contribution < 1.29 is 4.74 Å². The lowest BCUT2D eigenvalue weighted by atomic mass is 9.71. The minimum atomic E-state index is 0.410. The van der Waals surface area contributed by atoms with Gasteiger partial charge in [-0.2, -0.15) is 0 Å². The molecule has 0 unspecified atom stereocenters. The average Bonchev–Trinajstić information content (AvgIpc) is 2.78. The molecule has 1 N–H and O–H groups in total. The summed E-state index contributed by atoms with van der Waals surface area (Å²) in [6.07, 6.45) is 11.8. The molecule has 3 rings (SSSR count). The summed E-state index contributed by atoms with van der Waals surface area (Å²) in [5.74, 6) is 1.70. The molecule has 1 atom stereocenters. The van der Waals surface area contributed by atoms with Crippen molar-refractivity contribution in [1.29, 1.82) is 0 Å². The number of rotatable bonds is 12. The van der Waals surface area contributed by atoms with Crippen LogP contribution in [0.1, 0.15) is 91.0 Å². The highest BCUT2D eigenvalue weighted by molar-refractivity contribution is 5.27. The molecule has 32 heavy (non-hydrogen) atoms. The van der Waals surface area contributed by atoms with Crippen LogP contribution < -0.4 is 10.1 Å². The largest absolute Gasteiger partial charge is 0.494 e. The van der Waals surface area contributed by atoms with E-state index in [2.05, 4.69) is 62.2 Å². The number of ether oxygens (including phenoxy) is 1. The molecule has 0 aromatic heterocycles. The molecule has 3 heteroatoms. The molecular weight excluding hydrogens is 392 g/mol. The van der Waals surface area contributed by atoms with Crippen molar-refractivity contribution in [1.82, 2.24) is 10.2 Å². The molecule has 0 spiro atoms. The first-order chi connectivity index (χ1) is 15.4. The number of nitrogens with one attached hydrogen (secondary N) is 1. The van der Waals surface area contributed by atoms with E-state index in [4.69, 9.17) is 4.74 Å². The Morgan fingerprint density at radius 1 is 1.06 bits per heavy atom. The van der Waals surface area contributed by atoms with Crippen LogP contribution in [-0.2, 0) is 6.54 Å². The Labute approximate surface area is 198 Å². The quantitative estimate of drug-likeness (QED) is 0.280. The van der Waals surface area contributed by atoms with Crippen LogP contribution in [0.25, 0.3) is 0 Å². The van der Waals surface area contributed by atoms with Crippen molar-refractivity contribution in [3.05, 3.63) is 41.0 Å². The van der Waals surface area contributed by atoms with E-state index in [0.29, 0.717) is 11.3 Å². The summed E-state index contributed by atoms with van der Waals surface area (Å²) in [6, 6.07) is 8.66. The van der Waals surface area contributed by atoms with Gasteiger partial charge in [-0.1, -0.05) is 50.5 Å². The van der Waals surface area contributed by atoms with E-state index in [1.165, 1.54) is 76.6 Å². The first kappa shape index (κ1) is 25.3. The van der Waals surface area contributed by atoms with Crippen LogP contribution in [0.2, 0.25) is 0 Å². The number of nitrogens with zero attached hydrogens (tertiary/aromatic N) is 1. The third kappa shape index (κ3) is 8.23. The van der Waals surface area contributed by atoms with E-state index in [1.807, 2.05) is 0 Å². The van der Waals surface area contributed by atoms with Crippen LogP contribution in [-0.4, -0.2) is 37.7 Å². The molecule has 1 aromatic carbocycles. The first-order valence-electron chi connectivity index (χ1n) is 13.3. The second kappa shape index (κ2) is 12.8. The smallest absolute Gasteiger partial charge is 0.119 e. The Hall–Kier alpha value is -1.32. The number of hydrogen-bond donors (Lipinski definition) is 1. The highest BCUT2D eigenvalue weighted by Crippen LogP contribution is 2.42. The third-order valence-electron chi connectivity index (χ3n) is 7.65. The molecular formula is C29H48N2O. The van der Waals surface area contributed by atoms with Crippen molar-refractivity contribution in [2.24, 2.45) is 11.3 Å². The fraction of sp³-hybridized carbons (Fsp3) is 0.724. The normalized spacial score (nSPS) is 20.4. The van der Waals surface area contributed by atoms with E-state index >= 15 is 0 Å². The SMILES string of the molecule is CC1=C(CC[C@@H](C)CNCc2ccc(OCCCN3CCCCC3)cc2)C(C)(C)CCC1. The van der Waals surface area contributed by atoms with Gasteiger partial charge >= 0.3 is 0 Å². The zero-order chi connectivity index (χ0) is 22.8. The van der Waals surface area contributed by atoms with Gasteiger partial charge in [0.15, 0.2) is 0 Å². The third-order valence-corrected chi connectivity index (χ3v) is 7.65. The molecule has 1 heterocycles. The predicted molar refractivity (Wildman–Crippen MR) is 137 cm³/mol. The topological polar surface area (TPSA) is 24.5 Å². The molecule has 0 radical (unpaired) electrons. The Bertz CT molecular complexity index is 700. The predicted octanol–water partition coefficient (Wildman–Crippen LogP) is 6.97. The molecule has 1 fully saturated rings. The summed E-state index contributed by atoms with van der Waals surface area (Å²) in [4.78, 5) is 2.58. The van der Waals surface area contributed by atoms with Crippen molar-refractivity contribution in [3.8, 4) is 5.75 Å². The van der Waals surface area contributed by atoms with Crippen LogP contribution in [0.15, 0.2) is 35.4 Å². The molecule has 0 amide bonds. The van der Waals surface area contributed by atoms with Gasteiger partial charge in [0.25, 0.3) is 0 Å². The van der Waals surface area contributed by atoms with E-state index in [9.17, 15) is 0 Å². The van der Waals surface area contributed by atoms with Gasteiger partial charge in [0.05, 0.1) is 6.61 Å². The molecule has 1 aliphatic heterocycles. The molecule has 1 aliphatic carbocycles. The van der Waals surface area contributed by atoms with Gasteiger partial charge in [-0.05, 0) is 107 Å². The zero-order valence-electron chi connectivity index (χ0n) is 21.3. The van der Waals surface area contributed by atoms with E-state index in [-0.39, 0.29) is 0 Å². The second-order valence-electron chi connectivity index (χ2n) is 11.0. The van der Waals surface area contributed by atoms with Gasteiger partial charge in [-0.25, -0.2) is 0 Å². The Balaban J connectivity index is 1.29. The van der Waals surface area contributed by atoms with Crippen molar-refractivity contribution >= 4 is 0 Å². The lowest BCUT2D eigenvalue weighted by Gasteiger charge is -2.35. The number of likely N-dealkylation sites (tertiary alicyclic amines) is 1. The molecule has 1 aromatic rings. The van der Waals surface area contributed by atoms with Crippen LogP contribution in [0.4, 0.5) is 0 Å². The maximum absolute atomic E-state index is 5.96. The molecule has 0 bridgehead atoms. The highest BCUT2D eigenvalue weighted by atomic mass is 16.5. The summed E-state index contributed by atoms with van der Waals surface area (Å²) in [5, 5.41) is 3.67. The lowest BCUT2D eigenvalue weighted by molar-refractivity contribution is 0.205. The average molecular weight is 441 g/mol. The van der Waals surface area contributed by atoms with Gasteiger partial charge in [-0.15, -0.1) is 0 Å². The molecule has 2 aliphatic rings. The highest BCUT2D eigenvalue weighted by Gasteiger charge is 2.28. The molecule has 1 saturated heterocycles. The monoisotopic (exact) mass is 440 g/mol. The van der Waals surface area contributed by atoms with E-state index in [1.54, 1.807) is 11.1 Å². The van der Waals surface area contributed by atoms with Crippen LogP contribution in [0.5, 0.6) is 5.75 Å². The Morgan fingerprint density at radius 2 is 1.81 bits per heavy atom. The summed E-state index contributed by atoms with van der Waals surface area (Å²) in [5.41, 5.74) is 5.15. The van der Waals surface area contributed by atoms with Crippen molar-refractivity contribution in [2.75, 3.05) is 32.8 Å². The Kier molecular flexibility index (Phi) is 10.1. The summed E-state index contributed by atoms with van der Waals surface area (Å²) >= 11 is 0. The van der Waals surface area contributed by atoms with E-state index < -0.39 is 0 Å². The first-order valence-corrected chi connectivity index (χ1v) is 13.3.